The average Bonchev–Trinajstić information content (AvgIpc) is 2.69. The lowest BCUT2D eigenvalue weighted by molar-refractivity contribution is 0.0943. The molecule has 0 bridgehead atoms. The monoisotopic (exact) mass is 195 g/mol. The van der Waals surface area contributed by atoms with E-state index in [2.05, 4.69) is 11.2 Å². The minimum Gasteiger partial charge on any atom is -0.378 e. The van der Waals surface area contributed by atoms with Crippen molar-refractivity contribution < 1.29 is 4.74 Å². The van der Waals surface area contributed by atoms with Gasteiger partial charge in [-0.05, 0) is 39.2 Å². The molecule has 14 heavy (non-hydrogen) atoms. The third-order valence-corrected chi connectivity index (χ3v) is 2.85. The van der Waals surface area contributed by atoms with Crippen LogP contribution in [0.25, 0.3) is 0 Å². The molecule has 2 atom stereocenters. The van der Waals surface area contributed by atoms with Crippen molar-refractivity contribution in [1.82, 2.24) is 5.32 Å². The average molecular weight is 195 g/mol. The van der Waals surface area contributed by atoms with Crippen LogP contribution in [0.5, 0.6) is 0 Å². The van der Waals surface area contributed by atoms with Crippen molar-refractivity contribution >= 4 is 0 Å². The summed E-state index contributed by atoms with van der Waals surface area (Å²) in [6.07, 6.45) is 12.5. The Labute approximate surface area is 87.4 Å². The van der Waals surface area contributed by atoms with Crippen LogP contribution in [-0.2, 0) is 4.74 Å². The molecule has 1 heterocycles. The van der Waals surface area contributed by atoms with Crippen molar-refractivity contribution in [3.05, 3.63) is 0 Å². The van der Waals surface area contributed by atoms with Crippen LogP contribution in [0.1, 0.15) is 38.5 Å². The third-order valence-electron chi connectivity index (χ3n) is 2.85. The van der Waals surface area contributed by atoms with Crippen LogP contribution in [0, 0.1) is 12.3 Å². The molecular formula is C12H21NO. The molecule has 1 N–H and O–H groups in total. The Hall–Kier alpha value is -0.520. The van der Waals surface area contributed by atoms with Crippen LogP contribution < -0.4 is 5.32 Å². The number of hydrogen-bond donors (Lipinski definition) is 1. The van der Waals surface area contributed by atoms with Crippen LogP contribution in [0.2, 0.25) is 0 Å². The van der Waals surface area contributed by atoms with Gasteiger partial charge in [0.2, 0.25) is 0 Å². The van der Waals surface area contributed by atoms with E-state index in [1.165, 1.54) is 19.3 Å². The number of unbranched alkanes of at least 4 members (excludes halogenated alkanes) is 1. The second-order valence-electron chi connectivity index (χ2n) is 3.95. The Balaban J connectivity index is 2.13. The first-order valence-corrected chi connectivity index (χ1v) is 5.59. The van der Waals surface area contributed by atoms with Crippen LogP contribution in [-0.4, -0.2) is 25.8 Å². The van der Waals surface area contributed by atoms with Crippen molar-refractivity contribution in [2.75, 3.05) is 13.7 Å². The standard InChI is InChI=1S/C12H21NO/c1-3-4-5-7-11(13-2)10-12-8-6-9-14-12/h1,11-13H,4-10H2,2H3. The van der Waals surface area contributed by atoms with Crippen molar-refractivity contribution in [2.24, 2.45) is 0 Å². The lowest BCUT2D eigenvalue weighted by Gasteiger charge is -2.19. The molecule has 0 amide bonds. The molecule has 1 aliphatic rings. The van der Waals surface area contributed by atoms with Crippen molar-refractivity contribution in [3.8, 4) is 12.3 Å². The van der Waals surface area contributed by atoms with Gasteiger partial charge < -0.3 is 10.1 Å². The molecule has 80 valence electrons. The summed E-state index contributed by atoms with van der Waals surface area (Å²) >= 11 is 0. The van der Waals surface area contributed by atoms with Crippen molar-refractivity contribution in [2.45, 2.75) is 50.7 Å². The van der Waals surface area contributed by atoms with E-state index in [9.17, 15) is 0 Å². The minimum absolute atomic E-state index is 0.485. The Kier molecular flexibility index (Phi) is 5.66. The summed E-state index contributed by atoms with van der Waals surface area (Å²) < 4.78 is 5.61. The summed E-state index contributed by atoms with van der Waals surface area (Å²) in [6.45, 7) is 0.950. The highest BCUT2D eigenvalue weighted by atomic mass is 16.5. The molecule has 1 aliphatic heterocycles. The summed E-state index contributed by atoms with van der Waals surface area (Å²) in [4.78, 5) is 0. The zero-order chi connectivity index (χ0) is 10.2. The maximum Gasteiger partial charge on any atom is 0.0590 e. The molecule has 2 nitrogen and oxygen atoms in total. The number of nitrogens with one attached hydrogen (secondary N) is 1. The van der Waals surface area contributed by atoms with Gasteiger partial charge in [0, 0.05) is 19.1 Å². The van der Waals surface area contributed by atoms with Gasteiger partial charge in [-0.25, -0.2) is 0 Å². The molecule has 1 rings (SSSR count). The highest BCUT2D eigenvalue weighted by Crippen LogP contribution is 2.18. The zero-order valence-corrected chi connectivity index (χ0v) is 9.09. The van der Waals surface area contributed by atoms with Gasteiger partial charge in [-0.15, -0.1) is 12.3 Å². The van der Waals surface area contributed by atoms with E-state index in [4.69, 9.17) is 11.2 Å². The van der Waals surface area contributed by atoms with E-state index in [0.29, 0.717) is 12.1 Å². The maximum absolute atomic E-state index is 5.61. The van der Waals surface area contributed by atoms with Gasteiger partial charge in [-0.3, -0.25) is 0 Å². The minimum atomic E-state index is 0.485. The SMILES string of the molecule is C#CCCCC(CC1CCCO1)NC. The van der Waals surface area contributed by atoms with Gasteiger partial charge in [0.15, 0.2) is 0 Å². The molecule has 0 saturated carbocycles. The second kappa shape index (κ2) is 6.86. The van der Waals surface area contributed by atoms with Gasteiger partial charge in [-0.2, -0.15) is 0 Å². The Morgan fingerprint density at radius 1 is 1.64 bits per heavy atom. The fraction of sp³-hybridized carbons (Fsp3) is 0.833. The Bertz CT molecular complexity index is 179. The predicted octanol–water partition coefficient (Wildman–Crippen LogP) is 1.95. The zero-order valence-electron chi connectivity index (χ0n) is 9.09. The van der Waals surface area contributed by atoms with Gasteiger partial charge in [0.25, 0.3) is 0 Å². The molecule has 1 saturated heterocycles. The van der Waals surface area contributed by atoms with E-state index in [-0.39, 0.29) is 0 Å². The highest BCUT2D eigenvalue weighted by Gasteiger charge is 2.19. The highest BCUT2D eigenvalue weighted by molar-refractivity contribution is 4.84. The largest absolute Gasteiger partial charge is 0.378 e. The molecule has 1 fully saturated rings. The first kappa shape index (κ1) is 11.6. The van der Waals surface area contributed by atoms with E-state index in [0.717, 1.165) is 25.9 Å². The van der Waals surface area contributed by atoms with Gasteiger partial charge in [-0.1, -0.05) is 0 Å². The number of rotatable bonds is 6. The lowest BCUT2D eigenvalue weighted by Crippen LogP contribution is -2.29. The Morgan fingerprint density at radius 3 is 3.07 bits per heavy atom. The molecule has 0 aliphatic carbocycles. The first-order chi connectivity index (χ1) is 6.86. The summed E-state index contributed by atoms with van der Waals surface area (Å²) in [5, 5.41) is 3.34. The summed E-state index contributed by atoms with van der Waals surface area (Å²) in [5.74, 6) is 2.68. The predicted molar refractivity (Wildman–Crippen MR) is 59.1 cm³/mol. The summed E-state index contributed by atoms with van der Waals surface area (Å²) in [7, 11) is 2.02. The third kappa shape index (κ3) is 4.13. The quantitative estimate of drug-likeness (QED) is 0.516. The molecule has 2 heteroatoms. The lowest BCUT2D eigenvalue weighted by atomic mass is 10.0. The molecule has 0 spiro atoms. The van der Waals surface area contributed by atoms with Crippen LogP contribution in [0.4, 0.5) is 0 Å². The number of hydrogen-bond acceptors (Lipinski definition) is 2. The van der Waals surface area contributed by atoms with Crippen molar-refractivity contribution in [1.29, 1.82) is 0 Å². The fourth-order valence-electron chi connectivity index (χ4n) is 1.98. The normalized spacial score (nSPS) is 23.3. The molecule has 2 unspecified atom stereocenters. The second-order valence-corrected chi connectivity index (χ2v) is 3.95. The summed E-state index contributed by atoms with van der Waals surface area (Å²) in [5.41, 5.74) is 0. The van der Waals surface area contributed by atoms with E-state index < -0.39 is 0 Å². The fourth-order valence-corrected chi connectivity index (χ4v) is 1.98. The van der Waals surface area contributed by atoms with Gasteiger partial charge in [0.05, 0.1) is 6.10 Å². The molecular weight excluding hydrogens is 174 g/mol. The number of terminal acetylenes is 1. The molecule has 0 aromatic heterocycles. The Morgan fingerprint density at radius 2 is 2.50 bits per heavy atom. The van der Waals surface area contributed by atoms with Crippen LogP contribution in [0.3, 0.4) is 0 Å². The van der Waals surface area contributed by atoms with E-state index >= 15 is 0 Å². The van der Waals surface area contributed by atoms with Gasteiger partial charge in [0.1, 0.15) is 0 Å². The van der Waals surface area contributed by atoms with Crippen molar-refractivity contribution in [3.63, 3.8) is 0 Å². The van der Waals surface area contributed by atoms with Crippen LogP contribution >= 0.6 is 0 Å². The van der Waals surface area contributed by atoms with Gasteiger partial charge >= 0.3 is 0 Å². The van der Waals surface area contributed by atoms with Crippen LogP contribution in [0.15, 0.2) is 0 Å². The number of ether oxygens (including phenoxy) is 1. The first-order valence-electron chi connectivity index (χ1n) is 5.59. The van der Waals surface area contributed by atoms with E-state index in [1.807, 2.05) is 7.05 Å². The molecule has 0 aromatic carbocycles. The summed E-state index contributed by atoms with van der Waals surface area (Å²) in [6, 6.07) is 0.575. The van der Waals surface area contributed by atoms with E-state index in [1.54, 1.807) is 0 Å². The topological polar surface area (TPSA) is 21.3 Å². The maximum atomic E-state index is 5.61. The molecule has 0 radical (unpaired) electrons. The molecule has 0 aromatic rings. The smallest absolute Gasteiger partial charge is 0.0590 e.